The van der Waals surface area contributed by atoms with Gasteiger partial charge in [-0.05, 0) is 38.1 Å². The molecule has 1 fully saturated rings. The number of nitrogens with zero attached hydrogens (tertiary/aromatic N) is 7. The Balaban J connectivity index is 1.20. The van der Waals surface area contributed by atoms with Gasteiger partial charge in [-0.15, -0.1) is 0 Å². The van der Waals surface area contributed by atoms with Gasteiger partial charge in [0.15, 0.2) is 0 Å². The Morgan fingerprint density at radius 3 is 2.54 bits per heavy atom. The highest BCUT2D eigenvalue weighted by molar-refractivity contribution is 5.40. The highest BCUT2D eigenvalue weighted by Crippen LogP contribution is 2.12. The summed E-state index contributed by atoms with van der Waals surface area (Å²) in [6.07, 6.45) is 8.41. The number of hydrogen-bond acceptors (Lipinski definition) is 7. The molecule has 4 rings (SSSR count). The van der Waals surface area contributed by atoms with Crippen LogP contribution in [-0.4, -0.2) is 68.7 Å². The molecule has 8 heteroatoms. The molecule has 4 heterocycles. The van der Waals surface area contributed by atoms with E-state index >= 15 is 0 Å². The number of anilines is 2. The van der Waals surface area contributed by atoms with Crippen molar-refractivity contribution in [2.24, 2.45) is 0 Å². The van der Waals surface area contributed by atoms with Gasteiger partial charge in [-0.1, -0.05) is 6.07 Å². The number of piperazine rings is 1. The lowest BCUT2D eigenvalue weighted by atomic mass is 10.3. The van der Waals surface area contributed by atoms with Crippen LogP contribution in [-0.2, 0) is 0 Å². The lowest BCUT2D eigenvalue weighted by Gasteiger charge is -2.34. The van der Waals surface area contributed by atoms with Crippen LogP contribution in [0.1, 0.15) is 12.2 Å². The van der Waals surface area contributed by atoms with Crippen molar-refractivity contribution in [3.8, 4) is 5.82 Å². The average molecular weight is 378 g/mol. The monoisotopic (exact) mass is 378 g/mol. The molecule has 0 saturated carbocycles. The Morgan fingerprint density at radius 2 is 1.79 bits per heavy atom. The van der Waals surface area contributed by atoms with Crippen molar-refractivity contribution < 1.29 is 0 Å². The van der Waals surface area contributed by atoms with Gasteiger partial charge in [-0.2, -0.15) is 0 Å². The minimum Gasteiger partial charge on any atom is -0.370 e. The Hall–Kier alpha value is -3.00. The Labute approximate surface area is 165 Å². The SMILES string of the molecule is Cc1nccn1-c1cccc(NCCCN2CCN(c3ncccn3)CC2)n1. The summed E-state index contributed by atoms with van der Waals surface area (Å²) in [5.74, 6) is 3.56. The maximum atomic E-state index is 4.68. The molecule has 0 spiro atoms. The van der Waals surface area contributed by atoms with E-state index in [9.17, 15) is 0 Å². The smallest absolute Gasteiger partial charge is 0.225 e. The molecular formula is C20H26N8. The van der Waals surface area contributed by atoms with Gasteiger partial charge in [-0.3, -0.25) is 9.47 Å². The van der Waals surface area contributed by atoms with E-state index in [1.807, 2.05) is 42.0 Å². The predicted molar refractivity (Wildman–Crippen MR) is 110 cm³/mol. The summed E-state index contributed by atoms with van der Waals surface area (Å²) >= 11 is 0. The van der Waals surface area contributed by atoms with E-state index in [-0.39, 0.29) is 0 Å². The molecule has 28 heavy (non-hydrogen) atoms. The van der Waals surface area contributed by atoms with Crippen LogP contribution in [0.25, 0.3) is 5.82 Å². The van der Waals surface area contributed by atoms with E-state index in [2.05, 4.69) is 35.1 Å². The molecule has 0 atom stereocenters. The van der Waals surface area contributed by atoms with Crippen molar-refractivity contribution in [1.29, 1.82) is 0 Å². The normalized spacial score (nSPS) is 15.0. The molecule has 1 aliphatic rings. The molecule has 3 aromatic heterocycles. The fourth-order valence-electron chi connectivity index (χ4n) is 3.42. The minimum atomic E-state index is 0.836. The van der Waals surface area contributed by atoms with Crippen LogP contribution in [0.5, 0.6) is 0 Å². The quantitative estimate of drug-likeness (QED) is 0.630. The van der Waals surface area contributed by atoms with Crippen molar-refractivity contribution in [2.45, 2.75) is 13.3 Å². The molecule has 0 radical (unpaired) electrons. The lowest BCUT2D eigenvalue weighted by Crippen LogP contribution is -2.47. The Bertz CT molecular complexity index is 871. The van der Waals surface area contributed by atoms with Crippen molar-refractivity contribution >= 4 is 11.8 Å². The molecule has 1 N–H and O–H groups in total. The van der Waals surface area contributed by atoms with Gasteiger partial charge in [0.2, 0.25) is 5.95 Å². The van der Waals surface area contributed by atoms with Gasteiger partial charge in [0, 0.05) is 57.5 Å². The fourth-order valence-corrected chi connectivity index (χ4v) is 3.42. The van der Waals surface area contributed by atoms with Crippen LogP contribution in [0.3, 0.4) is 0 Å². The number of rotatable bonds is 7. The highest BCUT2D eigenvalue weighted by atomic mass is 15.3. The first kappa shape index (κ1) is 18.4. The van der Waals surface area contributed by atoms with Crippen molar-refractivity contribution in [1.82, 2.24) is 29.4 Å². The van der Waals surface area contributed by atoms with Crippen LogP contribution in [0.2, 0.25) is 0 Å². The van der Waals surface area contributed by atoms with E-state index in [1.54, 1.807) is 18.6 Å². The summed E-state index contributed by atoms with van der Waals surface area (Å²) in [5.41, 5.74) is 0. The maximum Gasteiger partial charge on any atom is 0.225 e. The molecule has 0 aromatic carbocycles. The molecular weight excluding hydrogens is 352 g/mol. The number of nitrogens with one attached hydrogen (secondary N) is 1. The van der Waals surface area contributed by atoms with Gasteiger partial charge in [-0.25, -0.2) is 19.9 Å². The Kier molecular flexibility index (Phi) is 5.77. The molecule has 0 aliphatic carbocycles. The zero-order valence-electron chi connectivity index (χ0n) is 16.2. The van der Waals surface area contributed by atoms with Gasteiger partial charge in [0.1, 0.15) is 17.5 Å². The van der Waals surface area contributed by atoms with Gasteiger partial charge in [0.05, 0.1) is 0 Å². The van der Waals surface area contributed by atoms with Gasteiger partial charge in [0.25, 0.3) is 0 Å². The van der Waals surface area contributed by atoms with E-state index in [0.29, 0.717) is 0 Å². The third-order valence-corrected chi connectivity index (χ3v) is 4.97. The van der Waals surface area contributed by atoms with E-state index < -0.39 is 0 Å². The number of hydrogen-bond donors (Lipinski definition) is 1. The fraction of sp³-hybridized carbons (Fsp3) is 0.400. The average Bonchev–Trinajstić information content (AvgIpc) is 3.18. The largest absolute Gasteiger partial charge is 0.370 e. The van der Waals surface area contributed by atoms with Crippen molar-refractivity contribution in [2.75, 3.05) is 49.5 Å². The van der Waals surface area contributed by atoms with Crippen LogP contribution in [0.15, 0.2) is 49.1 Å². The standard InChI is InChI=1S/C20H26N8/c1-17-21-10-12-28(17)19-6-2-5-18(25-19)22-9-4-11-26-13-15-27(16-14-26)20-23-7-3-8-24-20/h2-3,5-8,10,12H,4,9,11,13-16H2,1H3,(H,22,25). The first-order valence-electron chi connectivity index (χ1n) is 9.75. The molecule has 8 nitrogen and oxygen atoms in total. The number of imidazole rings is 1. The van der Waals surface area contributed by atoms with Crippen molar-refractivity contribution in [3.63, 3.8) is 0 Å². The van der Waals surface area contributed by atoms with Crippen LogP contribution in [0.4, 0.5) is 11.8 Å². The first-order valence-corrected chi connectivity index (χ1v) is 9.75. The van der Waals surface area contributed by atoms with Gasteiger partial charge >= 0.3 is 0 Å². The predicted octanol–water partition coefficient (Wildman–Crippen LogP) is 1.99. The third kappa shape index (κ3) is 4.45. The number of aryl methyl sites for hydroxylation is 1. The third-order valence-electron chi connectivity index (χ3n) is 4.97. The van der Waals surface area contributed by atoms with Crippen LogP contribution in [0, 0.1) is 6.92 Å². The summed E-state index contributed by atoms with van der Waals surface area (Å²) in [4.78, 5) is 22.4. The number of aromatic nitrogens is 5. The second kappa shape index (κ2) is 8.79. The van der Waals surface area contributed by atoms with Gasteiger partial charge < -0.3 is 10.2 Å². The lowest BCUT2D eigenvalue weighted by molar-refractivity contribution is 0.256. The second-order valence-corrected chi connectivity index (χ2v) is 6.88. The summed E-state index contributed by atoms with van der Waals surface area (Å²) < 4.78 is 1.99. The van der Waals surface area contributed by atoms with Crippen LogP contribution < -0.4 is 10.2 Å². The highest BCUT2D eigenvalue weighted by Gasteiger charge is 2.18. The topological polar surface area (TPSA) is 75.0 Å². The molecule has 3 aromatic rings. The zero-order valence-corrected chi connectivity index (χ0v) is 16.2. The van der Waals surface area contributed by atoms with Crippen LogP contribution >= 0.6 is 0 Å². The maximum absolute atomic E-state index is 4.68. The van der Waals surface area contributed by atoms with E-state index in [4.69, 9.17) is 0 Å². The summed E-state index contributed by atoms with van der Waals surface area (Å²) in [6, 6.07) is 7.88. The Morgan fingerprint density at radius 1 is 0.964 bits per heavy atom. The molecule has 0 unspecified atom stereocenters. The molecule has 0 bridgehead atoms. The second-order valence-electron chi connectivity index (χ2n) is 6.88. The molecule has 1 saturated heterocycles. The van der Waals surface area contributed by atoms with E-state index in [0.717, 1.165) is 69.1 Å². The van der Waals surface area contributed by atoms with Crippen molar-refractivity contribution in [3.05, 3.63) is 54.9 Å². The molecule has 146 valence electrons. The zero-order chi connectivity index (χ0) is 19.2. The summed E-state index contributed by atoms with van der Waals surface area (Å²) in [5, 5.41) is 3.44. The first-order chi connectivity index (χ1) is 13.8. The summed E-state index contributed by atoms with van der Waals surface area (Å²) in [7, 11) is 0. The molecule has 0 amide bonds. The minimum absolute atomic E-state index is 0.836. The molecule has 1 aliphatic heterocycles. The summed E-state index contributed by atoms with van der Waals surface area (Å²) in [6.45, 7) is 8.01. The number of pyridine rings is 1. The van der Waals surface area contributed by atoms with E-state index in [1.165, 1.54) is 0 Å².